The molecule has 2 unspecified atom stereocenters. The second-order valence-corrected chi connectivity index (χ2v) is 2.94. The van der Waals surface area contributed by atoms with Crippen LogP contribution in [-0.4, -0.2) is 34.2 Å². The second kappa shape index (κ2) is 2.17. The van der Waals surface area contributed by atoms with E-state index >= 15 is 0 Å². The van der Waals surface area contributed by atoms with Crippen molar-refractivity contribution < 1.29 is 14.9 Å². The number of nitrogens with two attached hydrogens (primary N) is 1. The molecule has 0 spiro atoms. The third-order valence-corrected chi connectivity index (χ3v) is 1.83. The zero-order valence-electron chi connectivity index (χ0n) is 6.11. The fourth-order valence-corrected chi connectivity index (χ4v) is 1.14. The van der Waals surface area contributed by atoms with Crippen molar-refractivity contribution in [1.82, 2.24) is 0 Å². The molecule has 0 aliphatic carbocycles. The molecule has 4 atom stereocenters. The van der Waals surface area contributed by atoms with Gasteiger partial charge in [-0.1, -0.05) is 0 Å². The van der Waals surface area contributed by atoms with Crippen LogP contribution in [0, 0.1) is 0 Å². The van der Waals surface area contributed by atoms with Crippen molar-refractivity contribution in [2.24, 2.45) is 5.73 Å². The minimum atomic E-state index is -1.10. The van der Waals surface area contributed by atoms with Gasteiger partial charge in [-0.2, -0.15) is 0 Å². The summed E-state index contributed by atoms with van der Waals surface area (Å²) in [5, 5.41) is 18.3. The van der Waals surface area contributed by atoms with Gasteiger partial charge >= 0.3 is 0 Å². The number of ether oxygens (including phenoxy) is 1. The summed E-state index contributed by atoms with van der Waals surface area (Å²) in [6.07, 6.45) is -2.23. The van der Waals surface area contributed by atoms with Gasteiger partial charge in [-0.25, -0.2) is 0 Å². The molecule has 0 bridgehead atoms. The average Bonchev–Trinajstić information content (AvgIpc) is 1.95. The Hall–Kier alpha value is -0.160. The van der Waals surface area contributed by atoms with E-state index in [-0.39, 0.29) is 6.10 Å². The number of hydrogen-bond acceptors (Lipinski definition) is 4. The molecule has 0 radical (unpaired) electrons. The molecule has 1 saturated heterocycles. The van der Waals surface area contributed by atoms with Crippen molar-refractivity contribution in [2.75, 3.05) is 0 Å². The second-order valence-electron chi connectivity index (χ2n) is 2.94. The van der Waals surface area contributed by atoms with Crippen LogP contribution in [0.5, 0.6) is 0 Å². The molecule has 0 aromatic heterocycles. The van der Waals surface area contributed by atoms with E-state index in [0.29, 0.717) is 0 Å². The summed E-state index contributed by atoms with van der Waals surface area (Å²) in [5.41, 5.74) is 4.37. The molecule has 4 N–H and O–H groups in total. The fraction of sp³-hybridized carbons (Fsp3) is 1.00. The van der Waals surface area contributed by atoms with Crippen LogP contribution in [0.3, 0.4) is 0 Å². The van der Waals surface area contributed by atoms with Gasteiger partial charge < -0.3 is 20.7 Å². The van der Waals surface area contributed by atoms with Crippen LogP contribution >= 0.6 is 0 Å². The first-order chi connectivity index (χ1) is 4.45. The van der Waals surface area contributed by atoms with Crippen LogP contribution in [0.4, 0.5) is 0 Å². The molecule has 0 aromatic rings. The minimum Gasteiger partial charge on any atom is -0.388 e. The summed E-state index contributed by atoms with van der Waals surface area (Å²) in [4.78, 5) is 0. The molecule has 1 heterocycles. The van der Waals surface area contributed by atoms with Gasteiger partial charge in [-0.05, 0) is 13.8 Å². The molecule has 1 fully saturated rings. The van der Waals surface area contributed by atoms with E-state index < -0.39 is 17.9 Å². The number of aliphatic hydroxyl groups is 2. The number of aliphatic hydroxyl groups excluding tert-OH is 2. The monoisotopic (exact) mass is 147 g/mol. The van der Waals surface area contributed by atoms with E-state index in [1.165, 1.54) is 0 Å². The number of hydrogen-bond donors (Lipinski definition) is 3. The van der Waals surface area contributed by atoms with Gasteiger partial charge in [0.05, 0.1) is 6.10 Å². The van der Waals surface area contributed by atoms with Crippen LogP contribution < -0.4 is 5.73 Å². The third-order valence-electron chi connectivity index (χ3n) is 1.83. The van der Waals surface area contributed by atoms with Gasteiger partial charge in [-0.15, -0.1) is 0 Å². The summed E-state index contributed by atoms with van der Waals surface area (Å²) in [6.45, 7) is 3.22. The molecule has 60 valence electrons. The van der Waals surface area contributed by atoms with E-state index in [2.05, 4.69) is 0 Å². The summed E-state index contributed by atoms with van der Waals surface area (Å²) in [7, 11) is 0. The maximum atomic E-state index is 9.20. The number of rotatable bonds is 0. The van der Waals surface area contributed by atoms with Crippen molar-refractivity contribution in [1.29, 1.82) is 0 Å². The van der Waals surface area contributed by atoms with Crippen molar-refractivity contribution in [3.8, 4) is 0 Å². The van der Waals surface area contributed by atoms with E-state index in [4.69, 9.17) is 15.6 Å². The maximum absolute atomic E-state index is 9.20. The van der Waals surface area contributed by atoms with E-state index in [1.807, 2.05) is 0 Å². The van der Waals surface area contributed by atoms with Crippen LogP contribution in [0.15, 0.2) is 0 Å². The minimum absolute atomic E-state index is 0.384. The average molecular weight is 147 g/mol. The Balaban J connectivity index is 2.71. The summed E-state index contributed by atoms with van der Waals surface area (Å²) in [6, 6.07) is 0. The lowest BCUT2D eigenvalue weighted by Gasteiger charge is -2.21. The molecule has 1 aliphatic rings. The van der Waals surface area contributed by atoms with E-state index in [1.54, 1.807) is 13.8 Å². The molecule has 4 heteroatoms. The summed E-state index contributed by atoms with van der Waals surface area (Å²) >= 11 is 0. The van der Waals surface area contributed by atoms with Gasteiger partial charge in [0.2, 0.25) is 0 Å². The molecular formula is C6H13NO3. The van der Waals surface area contributed by atoms with E-state index in [0.717, 1.165) is 0 Å². The summed E-state index contributed by atoms with van der Waals surface area (Å²) in [5.74, 6) is 0. The lowest BCUT2D eigenvalue weighted by Crippen LogP contribution is -2.48. The van der Waals surface area contributed by atoms with Gasteiger partial charge in [0.15, 0.2) is 0 Å². The molecule has 4 nitrogen and oxygen atoms in total. The van der Waals surface area contributed by atoms with Crippen LogP contribution in [0.2, 0.25) is 0 Å². The van der Waals surface area contributed by atoms with Crippen molar-refractivity contribution in [2.45, 2.75) is 37.9 Å². The normalized spacial score (nSPS) is 55.5. The Kier molecular flexibility index (Phi) is 1.72. The third kappa shape index (κ3) is 1.03. The first-order valence-corrected chi connectivity index (χ1v) is 3.28. The topological polar surface area (TPSA) is 75.7 Å². The predicted molar refractivity (Wildman–Crippen MR) is 35.2 cm³/mol. The van der Waals surface area contributed by atoms with Crippen molar-refractivity contribution >= 4 is 0 Å². The van der Waals surface area contributed by atoms with Crippen molar-refractivity contribution in [3.63, 3.8) is 0 Å². The molecule has 1 rings (SSSR count). The Bertz CT molecular complexity index is 137. The maximum Gasteiger partial charge on any atom is 0.143 e. The Morgan fingerprint density at radius 3 is 2.10 bits per heavy atom. The van der Waals surface area contributed by atoms with Crippen molar-refractivity contribution in [3.05, 3.63) is 0 Å². The molecular weight excluding hydrogens is 134 g/mol. The first kappa shape index (κ1) is 7.94. The highest BCUT2D eigenvalue weighted by molar-refractivity contribution is 4.93. The molecule has 0 saturated carbocycles. The fourth-order valence-electron chi connectivity index (χ4n) is 1.14. The molecule has 0 aromatic carbocycles. The van der Waals surface area contributed by atoms with Crippen LogP contribution in [0.25, 0.3) is 0 Å². The predicted octanol–water partition coefficient (Wildman–Crippen LogP) is -1.20. The Morgan fingerprint density at radius 1 is 1.50 bits per heavy atom. The van der Waals surface area contributed by atoms with Gasteiger partial charge in [0.25, 0.3) is 0 Å². The van der Waals surface area contributed by atoms with Gasteiger partial charge in [-0.3, -0.25) is 0 Å². The standard InChI is InChI=1S/C6H13NO3/c1-3-4(8)5(9)6(2,7)10-3/h3-5,8-9H,7H2,1-2H3/t3-,4?,5?,6+/m0/s1. The highest BCUT2D eigenvalue weighted by Gasteiger charge is 2.46. The Labute approximate surface area is 59.6 Å². The summed E-state index contributed by atoms with van der Waals surface area (Å²) < 4.78 is 5.05. The lowest BCUT2D eigenvalue weighted by molar-refractivity contribution is -0.0607. The zero-order valence-corrected chi connectivity index (χ0v) is 6.11. The molecule has 0 amide bonds. The largest absolute Gasteiger partial charge is 0.388 e. The highest BCUT2D eigenvalue weighted by atomic mass is 16.6. The SMILES string of the molecule is C[C@@H]1O[C@@](C)(N)C(O)C1O. The lowest BCUT2D eigenvalue weighted by atomic mass is 10.1. The van der Waals surface area contributed by atoms with E-state index in [9.17, 15) is 5.11 Å². The van der Waals surface area contributed by atoms with Crippen LogP contribution in [0.1, 0.15) is 13.8 Å². The van der Waals surface area contributed by atoms with Gasteiger partial charge in [0.1, 0.15) is 17.9 Å². The molecule has 1 aliphatic heterocycles. The van der Waals surface area contributed by atoms with Crippen LogP contribution in [-0.2, 0) is 4.74 Å². The quantitative estimate of drug-likeness (QED) is 0.402. The highest BCUT2D eigenvalue weighted by Crippen LogP contribution is 2.25. The molecule has 10 heavy (non-hydrogen) atoms. The Morgan fingerprint density at radius 2 is 2.00 bits per heavy atom. The smallest absolute Gasteiger partial charge is 0.143 e. The van der Waals surface area contributed by atoms with Gasteiger partial charge in [0, 0.05) is 0 Å². The zero-order chi connectivity index (χ0) is 7.94. The first-order valence-electron chi connectivity index (χ1n) is 3.28.